The summed E-state index contributed by atoms with van der Waals surface area (Å²) in [5.41, 5.74) is 2.38. The molecule has 20 heavy (non-hydrogen) atoms. The summed E-state index contributed by atoms with van der Waals surface area (Å²) in [4.78, 5) is 11.5. The third-order valence-electron chi connectivity index (χ3n) is 3.34. The number of hydrogen-bond acceptors (Lipinski definition) is 3. The molecule has 0 amide bonds. The van der Waals surface area contributed by atoms with E-state index in [-0.39, 0.29) is 0 Å². The minimum atomic E-state index is -0.842. The number of nitrogens with zero attached hydrogens (tertiary/aromatic N) is 2. The molecule has 0 saturated heterocycles. The Balaban J connectivity index is 1.98. The van der Waals surface area contributed by atoms with E-state index in [2.05, 4.69) is 5.10 Å². The molecule has 1 heterocycles. The van der Waals surface area contributed by atoms with Crippen molar-refractivity contribution in [1.82, 2.24) is 0 Å². The second-order valence-corrected chi connectivity index (χ2v) is 4.66. The van der Waals surface area contributed by atoms with Crippen LogP contribution < -0.4 is 5.01 Å². The van der Waals surface area contributed by atoms with Crippen LogP contribution in [0.2, 0.25) is 0 Å². The van der Waals surface area contributed by atoms with Gasteiger partial charge in [-0.25, -0.2) is 0 Å². The fraction of sp³-hybridized carbons (Fsp3) is 0.125. The lowest BCUT2D eigenvalue weighted by atomic mass is 9.98. The molecule has 4 nitrogen and oxygen atoms in total. The molecule has 100 valence electrons. The van der Waals surface area contributed by atoms with Crippen molar-refractivity contribution in [2.24, 2.45) is 11.0 Å². The van der Waals surface area contributed by atoms with Crippen LogP contribution in [0.4, 0.5) is 5.69 Å². The third kappa shape index (κ3) is 2.28. The molecule has 2 aromatic carbocycles. The van der Waals surface area contributed by atoms with Gasteiger partial charge in [-0.15, -0.1) is 0 Å². The first kappa shape index (κ1) is 12.4. The molecule has 0 saturated carbocycles. The van der Waals surface area contributed by atoms with Gasteiger partial charge in [0.05, 0.1) is 17.9 Å². The Kier molecular flexibility index (Phi) is 3.21. The van der Waals surface area contributed by atoms with Crippen LogP contribution in [0.3, 0.4) is 0 Å². The van der Waals surface area contributed by atoms with Crippen LogP contribution in [-0.4, -0.2) is 23.3 Å². The van der Waals surface area contributed by atoms with Crippen LogP contribution in [-0.2, 0) is 4.79 Å². The van der Waals surface area contributed by atoms with Crippen molar-refractivity contribution in [2.75, 3.05) is 11.6 Å². The number of anilines is 1. The fourth-order valence-corrected chi connectivity index (χ4v) is 2.33. The molecule has 3 rings (SSSR count). The Morgan fingerprint density at radius 3 is 2.25 bits per heavy atom. The summed E-state index contributed by atoms with van der Waals surface area (Å²) in [6, 6.07) is 19.1. The first-order valence-electron chi connectivity index (χ1n) is 6.45. The molecule has 1 aliphatic heterocycles. The summed E-state index contributed by atoms with van der Waals surface area (Å²) in [6.07, 6.45) is 0. The number of rotatable bonds is 3. The molecular weight excluding hydrogens is 252 g/mol. The predicted octanol–water partition coefficient (Wildman–Crippen LogP) is 2.61. The van der Waals surface area contributed by atoms with Crippen molar-refractivity contribution in [3.63, 3.8) is 0 Å². The van der Waals surface area contributed by atoms with Crippen LogP contribution in [0.5, 0.6) is 0 Å². The number of para-hydroxylation sites is 1. The summed E-state index contributed by atoms with van der Waals surface area (Å²) in [5.74, 6) is -1.44. The second kappa shape index (κ2) is 5.17. The molecule has 2 aromatic rings. The van der Waals surface area contributed by atoms with Gasteiger partial charge in [-0.1, -0.05) is 48.5 Å². The van der Waals surface area contributed by atoms with Crippen molar-refractivity contribution in [3.8, 4) is 0 Å². The van der Waals surface area contributed by atoms with Crippen molar-refractivity contribution < 1.29 is 9.90 Å². The van der Waals surface area contributed by atoms with Crippen molar-refractivity contribution in [2.45, 2.75) is 0 Å². The van der Waals surface area contributed by atoms with E-state index >= 15 is 0 Å². The Bertz CT molecular complexity index is 638. The SMILES string of the molecule is O=C(O)C1CN(c2ccccc2)N=C1c1ccccc1. The second-order valence-electron chi connectivity index (χ2n) is 4.66. The van der Waals surface area contributed by atoms with Gasteiger partial charge in [-0.2, -0.15) is 5.10 Å². The molecule has 0 spiro atoms. The Morgan fingerprint density at radius 1 is 1.05 bits per heavy atom. The smallest absolute Gasteiger partial charge is 0.314 e. The van der Waals surface area contributed by atoms with E-state index in [0.29, 0.717) is 12.3 Å². The maximum absolute atomic E-state index is 11.5. The van der Waals surface area contributed by atoms with E-state index in [1.165, 1.54) is 0 Å². The Morgan fingerprint density at radius 2 is 1.65 bits per heavy atom. The number of carbonyl (C=O) groups is 1. The zero-order valence-corrected chi connectivity index (χ0v) is 10.8. The maximum Gasteiger partial charge on any atom is 0.314 e. The van der Waals surface area contributed by atoms with E-state index in [1.54, 1.807) is 5.01 Å². The number of hydrazone groups is 1. The molecule has 4 heteroatoms. The highest BCUT2D eigenvalue weighted by Crippen LogP contribution is 2.25. The molecule has 0 aliphatic carbocycles. The lowest BCUT2D eigenvalue weighted by Gasteiger charge is -2.13. The Labute approximate surface area is 117 Å². The lowest BCUT2D eigenvalue weighted by molar-refractivity contribution is -0.138. The van der Waals surface area contributed by atoms with Gasteiger partial charge in [-0.3, -0.25) is 9.80 Å². The van der Waals surface area contributed by atoms with Gasteiger partial charge in [0, 0.05) is 0 Å². The van der Waals surface area contributed by atoms with E-state index in [0.717, 1.165) is 11.3 Å². The first-order chi connectivity index (χ1) is 9.75. The molecule has 1 unspecified atom stereocenters. The topological polar surface area (TPSA) is 52.9 Å². The van der Waals surface area contributed by atoms with Gasteiger partial charge in [-0.05, 0) is 17.7 Å². The number of hydrogen-bond donors (Lipinski definition) is 1. The van der Waals surface area contributed by atoms with Crippen LogP contribution in [0, 0.1) is 5.92 Å². The zero-order chi connectivity index (χ0) is 13.9. The lowest BCUT2D eigenvalue weighted by Crippen LogP contribution is -2.27. The van der Waals surface area contributed by atoms with Crippen LogP contribution in [0.1, 0.15) is 5.56 Å². The molecule has 1 N–H and O–H groups in total. The normalized spacial score (nSPS) is 17.9. The standard InChI is InChI=1S/C16H14N2O2/c19-16(20)14-11-18(13-9-5-2-6-10-13)17-15(14)12-7-3-1-4-8-12/h1-10,14H,11H2,(H,19,20). The molecule has 0 radical (unpaired) electrons. The summed E-state index contributed by atoms with van der Waals surface area (Å²) < 4.78 is 0. The van der Waals surface area contributed by atoms with Gasteiger partial charge in [0.2, 0.25) is 0 Å². The third-order valence-corrected chi connectivity index (χ3v) is 3.34. The van der Waals surface area contributed by atoms with Gasteiger partial charge < -0.3 is 5.11 Å². The van der Waals surface area contributed by atoms with E-state index in [4.69, 9.17) is 0 Å². The number of carboxylic acid groups (broad SMARTS) is 1. The zero-order valence-electron chi connectivity index (χ0n) is 10.8. The monoisotopic (exact) mass is 266 g/mol. The Hall–Kier alpha value is -2.62. The quantitative estimate of drug-likeness (QED) is 0.929. The average molecular weight is 266 g/mol. The van der Waals surface area contributed by atoms with E-state index < -0.39 is 11.9 Å². The number of aliphatic carboxylic acids is 1. The average Bonchev–Trinajstić information content (AvgIpc) is 2.94. The van der Waals surface area contributed by atoms with E-state index in [1.807, 2.05) is 60.7 Å². The fourth-order valence-electron chi connectivity index (χ4n) is 2.33. The van der Waals surface area contributed by atoms with E-state index in [9.17, 15) is 9.90 Å². The largest absolute Gasteiger partial charge is 0.481 e. The molecular formula is C16H14N2O2. The molecule has 0 aromatic heterocycles. The van der Waals surface area contributed by atoms with Crippen LogP contribution >= 0.6 is 0 Å². The first-order valence-corrected chi connectivity index (χ1v) is 6.45. The highest BCUT2D eigenvalue weighted by Gasteiger charge is 2.33. The summed E-state index contributed by atoms with van der Waals surface area (Å²) >= 11 is 0. The van der Waals surface area contributed by atoms with Crippen LogP contribution in [0.15, 0.2) is 65.8 Å². The van der Waals surface area contributed by atoms with Crippen LogP contribution in [0.25, 0.3) is 0 Å². The van der Waals surface area contributed by atoms with Crippen molar-refractivity contribution in [3.05, 3.63) is 66.2 Å². The predicted molar refractivity (Wildman–Crippen MR) is 77.9 cm³/mol. The minimum Gasteiger partial charge on any atom is -0.481 e. The van der Waals surface area contributed by atoms with Gasteiger partial charge in [0.15, 0.2) is 0 Å². The number of carboxylic acids is 1. The molecule has 1 atom stereocenters. The maximum atomic E-state index is 11.5. The number of benzene rings is 2. The molecule has 0 bridgehead atoms. The van der Waals surface area contributed by atoms with Crippen molar-refractivity contribution in [1.29, 1.82) is 0 Å². The van der Waals surface area contributed by atoms with Gasteiger partial charge in [0.25, 0.3) is 0 Å². The highest BCUT2D eigenvalue weighted by atomic mass is 16.4. The van der Waals surface area contributed by atoms with Crippen molar-refractivity contribution >= 4 is 17.4 Å². The highest BCUT2D eigenvalue weighted by molar-refractivity contribution is 6.13. The summed E-state index contributed by atoms with van der Waals surface area (Å²) in [5, 5.41) is 15.7. The molecule has 0 fully saturated rings. The summed E-state index contributed by atoms with van der Waals surface area (Å²) in [7, 11) is 0. The van der Waals surface area contributed by atoms with Gasteiger partial charge in [0.1, 0.15) is 5.92 Å². The minimum absolute atomic E-state index is 0.365. The molecule has 1 aliphatic rings. The van der Waals surface area contributed by atoms with Gasteiger partial charge >= 0.3 is 5.97 Å². The summed E-state index contributed by atoms with van der Waals surface area (Å²) in [6.45, 7) is 0.365.